The summed E-state index contributed by atoms with van der Waals surface area (Å²) in [6, 6.07) is 6.21. The zero-order valence-electron chi connectivity index (χ0n) is 8.43. The molecule has 0 bridgehead atoms. The Morgan fingerprint density at radius 1 is 1.25 bits per heavy atom. The second-order valence-corrected chi connectivity index (χ2v) is 3.08. The van der Waals surface area contributed by atoms with Gasteiger partial charge in [0, 0.05) is 12.0 Å². The molecule has 1 rings (SSSR count). The highest BCUT2D eigenvalue weighted by Crippen LogP contribution is 2.03. The molecule has 0 aliphatic carbocycles. The summed E-state index contributed by atoms with van der Waals surface area (Å²) < 4.78 is 0. The van der Waals surface area contributed by atoms with E-state index in [-0.39, 0.29) is 18.4 Å². The molecule has 2 N–H and O–H groups in total. The van der Waals surface area contributed by atoms with Crippen molar-refractivity contribution in [2.75, 3.05) is 0 Å². The van der Waals surface area contributed by atoms with Crippen LogP contribution in [0.25, 0.3) is 0 Å². The van der Waals surface area contributed by atoms with Crippen LogP contribution in [0.3, 0.4) is 0 Å². The first kappa shape index (κ1) is 11.8. The molecule has 0 aliphatic rings. The Labute approximate surface area is 92.5 Å². The lowest BCUT2D eigenvalue weighted by Gasteiger charge is -1.94. The van der Waals surface area contributed by atoms with Crippen LogP contribution >= 0.6 is 0 Å². The van der Waals surface area contributed by atoms with Crippen LogP contribution in [0.1, 0.15) is 28.8 Å². The third-order valence-corrected chi connectivity index (χ3v) is 1.81. The zero-order valence-corrected chi connectivity index (χ0v) is 8.43. The molecule has 0 radical (unpaired) electrons. The number of hydrogen-bond donors (Lipinski definition) is 2. The molecule has 16 heavy (non-hydrogen) atoms. The van der Waals surface area contributed by atoms with Crippen LogP contribution in [0, 0.1) is 11.8 Å². The van der Waals surface area contributed by atoms with E-state index in [9.17, 15) is 9.59 Å². The minimum atomic E-state index is -1.01. The summed E-state index contributed by atoms with van der Waals surface area (Å²) in [5.74, 6) is 3.49. The van der Waals surface area contributed by atoms with E-state index in [0.29, 0.717) is 5.56 Å². The normalized spacial score (nSPS) is 9.00. The summed E-state index contributed by atoms with van der Waals surface area (Å²) in [6.45, 7) is 0. The van der Waals surface area contributed by atoms with E-state index in [0.717, 1.165) is 0 Å². The van der Waals surface area contributed by atoms with Crippen molar-refractivity contribution in [1.29, 1.82) is 0 Å². The molecule has 0 amide bonds. The predicted molar refractivity (Wildman–Crippen MR) is 57.1 cm³/mol. The smallest absolute Gasteiger partial charge is 0.335 e. The van der Waals surface area contributed by atoms with Crippen LogP contribution < -0.4 is 0 Å². The molecule has 0 atom stereocenters. The second kappa shape index (κ2) is 5.56. The van der Waals surface area contributed by atoms with Gasteiger partial charge in [-0.3, -0.25) is 4.79 Å². The molecule has 4 heteroatoms. The van der Waals surface area contributed by atoms with E-state index >= 15 is 0 Å². The van der Waals surface area contributed by atoms with E-state index < -0.39 is 11.9 Å². The molecule has 0 aromatic heterocycles. The third-order valence-electron chi connectivity index (χ3n) is 1.81. The van der Waals surface area contributed by atoms with Crippen molar-refractivity contribution >= 4 is 11.9 Å². The predicted octanol–water partition coefficient (Wildman–Crippen LogP) is 1.60. The largest absolute Gasteiger partial charge is 0.481 e. The number of carboxylic acid groups (broad SMARTS) is 2. The number of hydrogen-bond acceptors (Lipinski definition) is 2. The molecule has 0 saturated heterocycles. The van der Waals surface area contributed by atoms with Gasteiger partial charge in [-0.25, -0.2) is 4.79 Å². The van der Waals surface area contributed by atoms with Crippen molar-refractivity contribution in [3.8, 4) is 11.8 Å². The van der Waals surface area contributed by atoms with Crippen molar-refractivity contribution in [2.45, 2.75) is 12.8 Å². The van der Waals surface area contributed by atoms with Gasteiger partial charge in [0.15, 0.2) is 0 Å². The summed E-state index contributed by atoms with van der Waals surface area (Å²) in [5.41, 5.74) is 0.746. The standard InChI is InChI=1S/C12H10O4/c13-11(14)7-2-1-4-9-5-3-6-10(8-9)12(15)16/h3,5-6,8H,2,7H2,(H,13,14)(H,15,16). The van der Waals surface area contributed by atoms with Gasteiger partial charge < -0.3 is 10.2 Å². The third kappa shape index (κ3) is 3.84. The van der Waals surface area contributed by atoms with Crippen LogP contribution in [-0.4, -0.2) is 22.2 Å². The Morgan fingerprint density at radius 3 is 2.62 bits per heavy atom. The highest BCUT2D eigenvalue weighted by Gasteiger charge is 2.01. The van der Waals surface area contributed by atoms with E-state index in [4.69, 9.17) is 10.2 Å². The lowest BCUT2D eigenvalue weighted by Crippen LogP contribution is -1.95. The molecule has 82 valence electrons. The van der Waals surface area contributed by atoms with Crippen molar-refractivity contribution < 1.29 is 19.8 Å². The maximum Gasteiger partial charge on any atom is 0.335 e. The van der Waals surface area contributed by atoms with Gasteiger partial charge in [-0.15, -0.1) is 0 Å². The van der Waals surface area contributed by atoms with Crippen LogP contribution in [0.15, 0.2) is 24.3 Å². The van der Waals surface area contributed by atoms with E-state index in [1.165, 1.54) is 12.1 Å². The van der Waals surface area contributed by atoms with Gasteiger partial charge in [0.1, 0.15) is 0 Å². The summed E-state index contributed by atoms with van der Waals surface area (Å²) in [6.07, 6.45) is 0.248. The molecule has 4 nitrogen and oxygen atoms in total. The molecule has 0 unspecified atom stereocenters. The number of aliphatic carboxylic acids is 1. The van der Waals surface area contributed by atoms with Gasteiger partial charge in [-0.1, -0.05) is 17.9 Å². The highest BCUT2D eigenvalue weighted by atomic mass is 16.4. The van der Waals surface area contributed by atoms with Crippen LogP contribution in [0.4, 0.5) is 0 Å². The van der Waals surface area contributed by atoms with E-state index in [2.05, 4.69) is 11.8 Å². The number of benzene rings is 1. The average molecular weight is 218 g/mol. The minimum Gasteiger partial charge on any atom is -0.481 e. The van der Waals surface area contributed by atoms with Crippen molar-refractivity contribution in [1.82, 2.24) is 0 Å². The second-order valence-electron chi connectivity index (χ2n) is 3.08. The maximum atomic E-state index is 10.6. The Bertz CT molecular complexity index is 465. The molecular weight excluding hydrogens is 208 g/mol. The number of rotatable bonds is 3. The SMILES string of the molecule is O=C(O)CCC#Cc1cccc(C(=O)O)c1. The molecule has 1 aromatic rings. The number of carboxylic acids is 2. The fraction of sp³-hybridized carbons (Fsp3) is 0.167. The van der Waals surface area contributed by atoms with Crippen molar-refractivity contribution in [3.05, 3.63) is 35.4 Å². The van der Waals surface area contributed by atoms with Gasteiger partial charge in [0.25, 0.3) is 0 Å². The fourth-order valence-electron chi connectivity index (χ4n) is 1.06. The van der Waals surface area contributed by atoms with Crippen LogP contribution in [0.5, 0.6) is 0 Å². The minimum absolute atomic E-state index is 0.00831. The lowest BCUT2D eigenvalue weighted by molar-refractivity contribution is -0.136. The van der Waals surface area contributed by atoms with Crippen molar-refractivity contribution in [2.24, 2.45) is 0 Å². The Balaban J connectivity index is 2.70. The molecule has 0 fully saturated rings. The Morgan fingerprint density at radius 2 is 2.00 bits per heavy atom. The van der Waals surface area contributed by atoms with Gasteiger partial charge in [-0.2, -0.15) is 0 Å². The summed E-state index contributed by atoms with van der Waals surface area (Å²) in [4.78, 5) is 20.9. The molecule has 0 aliphatic heterocycles. The monoisotopic (exact) mass is 218 g/mol. The topological polar surface area (TPSA) is 74.6 Å². The Kier molecular flexibility index (Phi) is 4.10. The van der Waals surface area contributed by atoms with Gasteiger partial charge in [0.05, 0.1) is 12.0 Å². The number of aromatic carboxylic acids is 1. The average Bonchev–Trinajstić information content (AvgIpc) is 2.24. The van der Waals surface area contributed by atoms with Gasteiger partial charge >= 0.3 is 11.9 Å². The summed E-state index contributed by atoms with van der Waals surface area (Å²) in [7, 11) is 0. The summed E-state index contributed by atoms with van der Waals surface area (Å²) >= 11 is 0. The number of carbonyl (C=O) groups is 2. The highest BCUT2D eigenvalue weighted by molar-refractivity contribution is 5.88. The quantitative estimate of drug-likeness (QED) is 0.755. The van der Waals surface area contributed by atoms with Crippen molar-refractivity contribution in [3.63, 3.8) is 0 Å². The molecule has 0 heterocycles. The fourth-order valence-corrected chi connectivity index (χ4v) is 1.06. The van der Waals surface area contributed by atoms with E-state index in [1.54, 1.807) is 12.1 Å². The first-order valence-corrected chi connectivity index (χ1v) is 4.63. The molecular formula is C12H10O4. The van der Waals surface area contributed by atoms with Gasteiger partial charge in [0.2, 0.25) is 0 Å². The Hall–Kier alpha value is -2.28. The summed E-state index contributed by atoms with van der Waals surface area (Å²) in [5, 5.41) is 17.1. The van der Waals surface area contributed by atoms with E-state index in [1.807, 2.05) is 0 Å². The van der Waals surface area contributed by atoms with Crippen LogP contribution in [-0.2, 0) is 4.79 Å². The molecule has 1 aromatic carbocycles. The van der Waals surface area contributed by atoms with Gasteiger partial charge in [-0.05, 0) is 18.2 Å². The lowest BCUT2D eigenvalue weighted by atomic mass is 10.1. The molecule has 0 spiro atoms. The first-order chi connectivity index (χ1) is 7.59. The first-order valence-electron chi connectivity index (χ1n) is 4.63. The van der Waals surface area contributed by atoms with Crippen LogP contribution in [0.2, 0.25) is 0 Å². The maximum absolute atomic E-state index is 10.6. The molecule has 0 saturated carbocycles. The zero-order chi connectivity index (χ0) is 12.0.